The fraction of sp³-hybridized carbons (Fsp3) is 0.667. The van der Waals surface area contributed by atoms with Gasteiger partial charge in [0, 0.05) is 5.69 Å². The smallest absolute Gasteiger partial charge is 0.142 e. The molecule has 1 heterocycles. The number of nitrogens with two attached hydrogens (primary N) is 1. The van der Waals surface area contributed by atoms with Crippen molar-refractivity contribution in [3.63, 3.8) is 0 Å². The fourth-order valence-corrected chi connectivity index (χ4v) is 3.07. The van der Waals surface area contributed by atoms with Crippen LogP contribution in [0.25, 0.3) is 0 Å². The predicted molar refractivity (Wildman–Crippen MR) is 77.7 cm³/mol. The van der Waals surface area contributed by atoms with Crippen LogP contribution in [0, 0.1) is 11.8 Å². The van der Waals surface area contributed by atoms with E-state index in [1.807, 2.05) is 12.1 Å². The minimum Gasteiger partial charge on any atom is -0.382 e. The zero-order chi connectivity index (χ0) is 13.0. The van der Waals surface area contributed by atoms with E-state index < -0.39 is 0 Å². The van der Waals surface area contributed by atoms with Crippen molar-refractivity contribution >= 4 is 17.4 Å². The molecule has 0 aromatic carbocycles. The molecule has 1 aliphatic carbocycles. The fourth-order valence-electron chi connectivity index (χ4n) is 2.97. The molecule has 1 aromatic heterocycles. The van der Waals surface area contributed by atoms with Crippen LogP contribution < -0.4 is 5.73 Å². The van der Waals surface area contributed by atoms with Gasteiger partial charge in [-0.05, 0) is 43.2 Å². The molecule has 2 atom stereocenters. The molecule has 0 aliphatic heterocycles. The molecule has 2 nitrogen and oxygen atoms in total. The van der Waals surface area contributed by atoms with Gasteiger partial charge >= 0.3 is 0 Å². The normalized spacial score (nSPS) is 23.4. The van der Waals surface area contributed by atoms with Crippen LogP contribution in [-0.2, 0) is 6.42 Å². The summed E-state index contributed by atoms with van der Waals surface area (Å²) in [5.74, 6) is 2.38. The summed E-state index contributed by atoms with van der Waals surface area (Å²) < 4.78 is 0. The lowest BCUT2D eigenvalue weighted by atomic mass is 9.98. The van der Waals surface area contributed by atoms with Gasteiger partial charge in [0.25, 0.3) is 0 Å². The molecule has 2 rings (SSSR count). The second-order valence-corrected chi connectivity index (χ2v) is 6.11. The molecule has 0 amide bonds. The highest BCUT2D eigenvalue weighted by atomic mass is 35.5. The number of nitrogen functional groups attached to an aromatic ring is 1. The zero-order valence-corrected chi connectivity index (χ0v) is 11.9. The van der Waals surface area contributed by atoms with Gasteiger partial charge in [-0.25, -0.2) is 4.98 Å². The lowest BCUT2D eigenvalue weighted by molar-refractivity contribution is 0.455. The van der Waals surface area contributed by atoms with E-state index in [4.69, 9.17) is 17.3 Å². The first-order valence-electron chi connectivity index (χ1n) is 7.06. The third-order valence-corrected chi connectivity index (χ3v) is 4.35. The summed E-state index contributed by atoms with van der Waals surface area (Å²) in [6.07, 6.45) is 9.22. The molecular weight excluding hydrogens is 244 g/mol. The number of pyridine rings is 1. The molecule has 100 valence electrons. The summed E-state index contributed by atoms with van der Waals surface area (Å²) in [4.78, 5) is 4.30. The van der Waals surface area contributed by atoms with E-state index >= 15 is 0 Å². The Balaban J connectivity index is 1.67. The summed E-state index contributed by atoms with van der Waals surface area (Å²) in [6.45, 7) is 2.38. The summed E-state index contributed by atoms with van der Waals surface area (Å²) >= 11 is 5.85. The second kappa shape index (κ2) is 6.42. The Bertz CT molecular complexity index is 392. The van der Waals surface area contributed by atoms with Crippen LogP contribution in [-0.4, -0.2) is 4.98 Å². The third-order valence-electron chi connectivity index (χ3n) is 4.03. The summed E-state index contributed by atoms with van der Waals surface area (Å²) in [5.41, 5.74) is 6.76. The molecule has 0 spiro atoms. The molecule has 1 fully saturated rings. The van der Waals surface area contributed by atoms with Crippen LogP contribution in [0.4, 0.5) is 5.82 Å². The van der Waals surface area contributed by atoms with Crippen molar-refractivity contribution in [2.75, 3.05) is 5.73 Å². The highest BCUT2D eigenvalue weighted by Gasteiger charge is 2.20. The van der Waals surface area contributed by atoms with Crippen molar-refractivity contribution in [3.8, 4) is 0 Å². The quantitative estimate of drug-likeness (QED) is 0.799. The monoisotopic (exact) mass is 266 g/mol. The van der Waals surface area contributed by atoms with Crippen molar-refractivity contribution in [1.82, 2.24) is 4.98 Å². The van der Waals surface area contributed by atoms with Gasteiger partial charge in [-0.3, -0.25) is 0 Å². The summed E-state index contributed by atoms with van der Waals surface area (Å²) in [7, 11) is 0. The van der Waals surface area contributed by atoms with E-state index in [0.717, 1.165) is 24.0 Å². The standard InChI is InChI=1S/C15H23ClN2/c1-11-6-7-12(10-11)4-2-3-5-13-8-9-14(16)15(17)18-13/h8-9,11-12H,2-7,10H2,1H3,(H2,17,18). The maximum absolute atomic E-state index is 5.85. The van der Waals surface area contributed by atoms with Crippen LogP contribution in [0.2, 0.25) is 5.02 Å². The van der Waals surface area contributed by atoms with Crippen molar-refractivity contribution in [1.29, 1.82) is 0 Å². The van der Waals surface area contributed by atoms with Gasteiger partial charge in [-0.15, -0.1) is 0 Å². The van der Waals surface area contributed by atoms with Gasteiger partial charge in [0.05, 0.1) is 5.02 Å². The number of halogens is 1. The van der Waals surface area contributed by atoms with E-state index in [1.54, 1.807) is 0 Å². The maximum atomic E-state index is 5.85. The number of aryl methyl sites for hydroxylation is 1. The topological polar surface area (TPSA) is 38.9 Å². The summed E-state index contributed by atoms with van der Waals surface area (Å²) in [5, 5.41) is 0.554. The molecule has 18 heavy (non-hydrogen) atoms. The largest absolute Gasteiger partial charge is 0.382 e. The van der Waals surface area contributed by atoms with E-state index in [0.29, 0.717) is 10.8 Å². The number of hydrogen-bond acceptors (Lipinski definition) is 2. The number of nitrogens with zero attached hydrogens (tertiary/aromatic N) is 1. The molecule has 2 unspecified atom stereocenters. The first kappa shape index (κ1) is 13.7. The second-order valence-electron chi connectivity index (χ2n) is 5.70. The van der Waals surface area contributed by atoms with E-state index in [9.17, 15) is 0 Å². The first-order valence-corrected chi connectivity index (χ1v) is 7.44. The molecule has 2 N–H and O–H groups in total. The highest BCUT2D eigenvalue weighted by molar-refractivity contribution is 6.32. The van der Waals surface area contributed by atoms with Gasteiger partial charge in [-0.2, -0.15) is 0 Å². The molecule has 1 aliphatic rings. The molecule has 0 radical (unpaired) electrons. The minimum absolute atomic E-state index is 0.457. The highest BCUT2D eigenvalue weighted by Crippen LogP contribution is 2.33. The Morgan fingerprint density at radius 2 is 2.17 bits per heavy atom. The Labute approximate surface area is 115 Å². The number of unbranched alkanes of at least 4 members (excludes halogenated alkanes) is 1. The van der Waals surface area contributed by atoms with Crippen LogP contribution in [0.15, 0.2) is 12.1 Å². The predicted octanol–water partition coefficient (Wildman–Crippen LogP) is 4.47. The van der Waals surface area contributed by atoms with Crippen molar-refractivity contribution in [3.05, 3.63) is 22.8 Å². The van der Waals surface area contributed by atoms with Gasteiger partial charge < -0.3 is 5.73 Å². The van der Waals surface area contributed by atoms with Crippen LogP contribution in [0.3, 0.4) is 0 Å². The average molecular weight is 267 g/mol. The molecule has 0 bridgehead atoms. The van der Waals surface area contributed by atoms with E-state index in [-0.39, 0.29) is 0 Å². The molecular formula is C15H23ClN2. The van der Waals surface area contributed by atoms with Crippen molar-refractivity contribution < 1.29 is 0 Å². The van der Waals surface area contributed by atoms with Gasteiger partial charge in [-0.1, -0.05) is 44.2 Å². The molecule has 3 heteroatoms. The van der Waals surface area contributed by atoms with Gasteiger partial charge in [0.1, 0.15) is 5.82 Å². The molecule has 1 aromatic rings. The van der Waals surface area contributed by atoms with Crippen molar-refractivity contribution in [2.24, 2.45) is 11.8 Å². The first-order chi connectivity index (χ1) is 8.65. The number of anilines is 1. The van der Waals surface area contributed by atoms with Gasteiger partial charge in [0.15, 0.2) is 0 Å². The van der Waals surface area contributed by atoms with Crippen LogP contribution >= 0.6 is 11.6 Å². The Hall–Kier alpha value is -0.760. The van der Waals surface area contributed by atoms with Gasteiger partial charge in [0.2, 0.25) is 0 Å². The Morgan fingerprint density at radius 1 is 1.33 bits per heavy atom. The van der Waals surface area contributed by atoms with E-state index in [2.05, 4.69) is 11.9 Å². The Morgan fingerprint density at radius 3 is 2.83 bits per heavy atom. The number of hydrogen-bond donors (Lipinski definition) is 1. The molecule has 1 saturated carbocycles. The summed E-state index contributed by atoms with van der Waals surface area (Å²) in [6, 6.07) is 3.83. The lowest BCUT2D eigenvalue weighted by Crippen LogP contribution is -1.98. The number of rotatable bonds is 5. The zero-order valence-electron chi connectivity index (χ0n) is 11.2. The Kier molecular flexibility index (Phi) is 4.87. The van der Waals surface area contributed by atoms with E-state index in [1.165, 1.54) is 38.5 Å². The van der Waals surface area contributed by atoms with Crippen molar-refractivity contribution in [2.45, 2.75) is 51.9 Å². The van der Waals surface area contributed by atoms with Crippen LogP contribution in [0.1, 0.15) is 51.1 Å². The van der Waals surface area contributed by atoms with Crippen LogP contribution in [0.5, 0.6) is 0 Å². The lowest BCUT2D eigenvalue weighted by Gasteiger charge is -2.09. The third kappa shape index (κ3) is 3.88. The number of aromatic nitrogens is 1. The minimum atomic E-state index is 0.457. The average Bonchev–Trinajstić information content (AvgIpc) is 2.75. The SMILES string of the molecule is CC1CCC(CCCCc2ccc(Cl)c(N)n2)C1. The maximum Gasteiger partial charge on any atom is 0.142 e. The molecule has 0 saturated heterocycles.